The topological polar surface area (TPSA) is 105 Å². The van der Waals surface area contributed by atoms with Crippen LogP contribution in [0, 0.1) is 0 Å². The van der Waals surface area contributed by atoms with E-state index in [9.17, 15) is 18.0 Å². The highest BCUT2D eigenvalue weighted by Crippen LogP contribution is 2.25. The number of sulfonamides is 1. The van der Waals surface area contributed by atoms with Crippen molar-refractivity contribution in [2.45, 2.75) is 19.4 Å². The molecule has 31 heavy (non-hydrogen) atoms. The second-order valence-electron chi connectivity index (χ2n) is 7.29. The molecule has 1 aliphatic rings. The van der Waals surface area contributed by atoms with Gasteiger partial charge < -0.3 is 15.4 Å². The normalized spacial score (nSPS) is 13.8. The van der Waals surface area contributed by atoms with Gasteiger partial charge >= 0.3 is 0 Å². The lowest BCUT2D eigenvalue weighted by molar-refractivity contribution is -0.120. The molecular formula is C22H27N3O5S. The van der Waals surface area contributed by atoms with E-state index in [1.54, 1.807) is 37.4 Å². The average molecular weight is 446 g/mol. The van der Waals surface area contributed by atoms with Crippen molar-refractivity contribution < 1.29 is 22.7 Å². The zero-order valence-corrected chi connectivity index (χ0v) is 18.3. The quantitative estimate of drug-likeness (QED) is 0.567. The number of carbonyl (C=O) groups is 2. The van der Waals surface area contributed by atoms with Crippen LogP contribution in [0.2, 0.25) is 0 Å². The maximum absolute atomic E-state index is 12.7. The van der Waals surface area contributed by atoms with Gasteiger partial charge in [-0.2, -0.15) is 4.31 Å². The van der Waals surface area contributed by atoms with Gasteiger partial charge in [0.2, 0.25) is 15.9 Å². The number of ether oxygens (including phenoxy) is 1. The standard InChI is InChI=1S/C22H27N3O5S/c1-30-20-9-8-19-16-25(12-10-18(19)14-20)31(28,29)13-5-11-23-21(26)15-24-22(27)17-6-3-2-4-7-17/h2-4,6-9,14H,5,10-13,15-16H2,1H3,(H,23,26)(H,24,27). The van der Waals surface area contributed by atoms with Gasteiger partial charge in [0.15, 0.2) is 0 Å². The average Bonchev–Trinajstić information content (AvgIpc) is 2.80. The molecule has 166 valence electrons. The fourth-order valence-corrected chi connectivity index (χ4v) is 4.87. The van der Waals surface area contributed by atoms with E-state index in [-0.39, 0.29) is 30.7 Å². The fourth-order valence-electron chi connectivity index (χ4n) is 3.39. The number of methoxy groups -OCH3 is 1. The molecule has 0 aliphatic carbocycles. The summed E-state index contributed by atoms with van der Waals surface area (Å²) in [6.07, 6.45) is 0.941. The van der Waals surface area contributed by atoms with Gasteiger partial charge in [-0.05, 0) is 48.2 Å². The van der Waals surface area contributed by atoms with E-state index >= 15 is 0 Å². The predicted octanol–water partition coefficient (Wildman–Crippen LogP) is 1.32. The summed E-state index contributed by atoms with van der Waals surface area (Å²) in [5.41, 5.74) is 2.57. The number of nitrogens with zero attached hydrogens (tertiary/aromatic N) is 1. The Hall–Kier alpha value is -2.91. The Morgan fingerprint density at radius 3 is 2.58 bits per heavy atom. The van der Waals surface area contributed by atoms with Gasteiger partial charge in [-0.25, -0.2) is 8.42 Å². The summed E-state index contributed by atoms with van der Waals surface area (Å²) in [6, 6.07) is 14.3. The van der Waals surface area contributed by atoms with E-state index in [0.717, 1.165) is 16.9 Å². The minimum atomic E-state index is -3.42. The molecule has 0 bridgehead atoms. The number of hydrogen-bond donors (Lipinski definition) is 2. The van der Waals surface area contributed by atoms with Gasteiger partial charge in [-0.15, -0.1) is 0 Å². The van der Waals surface area contributed by atoms with Crippen LogP contribution >= 0.6 is 0 Å². The van der Waals surface area contributed by atoms with Crippen LogP contribution in [-0.4, -0.2) is 57.0 Å². The molecule has 2 amide bonds. The Labute approximate surface area is 182 Å². The van der Waals surface area contributed by atoms with Crippen molar-refractivity contribution in [2.24, 2.45) is 0 Å². The molecule has 0 spiro atoms. The van der Waals surface area contributed by atoms with Crippen LogP contribution in [0.3, 0.4) is 0 Å². The third-order valence-electron chi connectivity index (χ3n) is 5.13. The second kappa shape index (κ2) is 10.4. The molecule has 0 aromatic heterocycles. The fraction of sp³-hybridized carbons (Fsp3) is 0.364. The number of fused-ring (bicyclic) bond motifs is 1. The van der Waals surface area contributed by atoms with Crippen molar-refractivity contribution in [2.75, 3.05) is 32.5 Å². The van der Waals surface area contributed by atoms with E-state index in [4.69, 9.17) is 4.74 Å². The van der Waals surface area contributed by atoms with E-state index in [1.165, 1.54) is 4.31 Å². The maximum Gasteiger partial charge on any atom is 0.251 e. The van der Waals surface area contributed by atoms with Crippen molar-refractivity contribution in [3.05, 3.63) is 65.2 Å². The van der Waals surface area contributed by atoms with E-state index < -0.39 is 10.0 Å². The van der Waals surface area contributed by atoms with Crippen LogP contribution in [0.4, 0.5) is 0 Å². The lowest BCUT2D eigenvalue weighted by Crippen LogP contribution is -2.39. The Bertz CT molecular complexity index is 1020. The molecule has 1 aliphatic heterocycles. The molecule has 2 aromatic carbocycles. The highest BCUT2D eigenvalue weighted by molar-refractivity contribution is 7.89. The second-order valence-corrected chi connectivity index (χ2v) is 9.37. The molecule has 2 aromatic rings. The number of benzene rings is 2. The highest BCUT2D eigenvalue weighted by Gasteiger charge is 2.26. The smallest absolute Gasteiger partial charge is 0.251 e. The molecule has 0 unspecified atom stereocenters. The number of carbonyl (C=O) groups excluding carboxylic acids is 2. The highest BCUT2D eigenvalue weighted by atomic mass is 32.2. The number of rotatable bonds is 9. The van der Waals surface area contributed by atoms with Crippen LogP contribution in [0.5, 0.6) is 5.75 Å². The van der Waals surface area contributed by atoms with Gasteiger partial charge in [0.1, 0.15) is 5.75 Å². The molecule has 3 rings (SSSR count). The minimum absolute atomic E-state index is 0.0465. The zero-order valence-electron chi connectivity index (χ0n) is 17.5. The van der Waals surface area contributed by atoms with Crippen molar-refractivity contribution in [3.63, 3.8) is 0 Å². The van der Waals surface area contributed by atoms with Crippen molar-refractivity contribution >= 4 is 21.8 Å². The van der Waals surface area contributed by atoms with Crippen LogP contribution in [0.25, 0.3) is 0 Å². The predicted molar refractivity (Wildman–Crippen MR) is 117 cm³/mol. The lowest BCUT2D eigenvalue weighted by Gasteiger charge is -2.28. The summed E-state index contributed by atoms with van der Waals surface area (Å²) in [5.74, 6) is 0.0319. The van der Waals surface area contributed by atoms with Gasteiger partial charge in [0, 0.05) is 25.2 Å². The molecule has 2 N–H and O–H groups in total. The molecule has 0 atom stereocenters. The van der Waals surface area contributed by atoms with Gasteiger partial charge in [-0.1, -0.05) is 24.3 Å². The van der Waals surface area contributed by atoms with Gasteiger partial charge in [-0.3, -0.25) is 9.59 Å². The molecule has 0 saturated carbocycles. The molecule has 0 saturated heterocycles. The third kappa shape index (κ3) is 6.28. The summed E-state index contributed by atoms with van der Waals surface area (Å²) >= 11 is 0. The summed E-state index contributed by atoms with van der Waals surface area (Å²) < 4.78 is 32.0. The van der Waals surface area contributed by atoms with Crippen LogP contribution in [-0.2, 0) is 27.8 Å². The SMILES string of the molecule is COc1ccc2c(c1)CCN(S(=O)(=O)CCCNC(=O)CNC(=O)c1ccccc1)C2. The van der Waals surface area contributed by atoms with Crippen molar-refractivity contribution in [1.29, 1.82) is 0 Å². The Kier molecular flexibility index (Phi) is 7.64. The van der Waals surface area contributed by atoms with Crippen LogP contribution in [0.1, 0.15) is 27.9 Å². The van der Waals surface area contributed by atoms with Gasteiger partial charge in [0.05, 0.1) is 19.4 Å². The molecule has 9 heteroatoms. The third-order valence-corrected chi connectivity index (χ3v) is 7.03. The van der Waals surface area contributed by atoms with E-state index in [0.29, 0.717) is 31.5 Å². The Morgan fingerprint density at radius 2 is 1.84 bits per heavy atom. The maximum atomic E-state index is 12.7. The van der Waals surface area contributed by atoms with Crippen molar-refractivity contribution in [1.82, 2.24) is 14.9 Å². The first-order valence-electron chi connectivity index (χ1n) is 10.1. The van der Waals surface area contributed by atoms with Crippen LogP contribution < -0.4 is 15.4 Å². The first-order valence-corrected chi connectivity index (χ1v) is 11.7. The number of hydrogen-bond acceptors (Lipinski definition) is 5. The summed E-state index contributed by atoms with van der Waals surface area (Å²) in [6.45, 7) is 0.841. The van der Waals surface area contributed by atoms with Crippen molar-refractivity contribution in [3.8, 4) is 5.75 Å². The Balaban J connectivity index is 1.39. The van der Waals surface area contributed by atoms with E-state index in [1.807, 2.05) is 18.2 Å². The number of nitrogens with one attached hydrogen (secondary N) is 2. The number of amides is 2. The summed E-state index contributed by atoms with van der Waals surface area (Å²) in [7, 11) is -1.81. The largest absolute Gasteiger partial charge is 0.497 e. The molecule has 8 nitrogen and oxygen atoms in total. The summed E-state index contributed by atoms with van der Waals surface area (Å²) in [5, 5.41) is 5.18. The first kappa shape index (κ1) is 22.8. The zero-order chi connectivity index (χ0) is 22.3. The lowest BCUT2D eigenvalue weighted by atomic mass is 10.0. The Morgan fingerprint density at radius 1 is 1.06 bits per heavy atom. The summed E-state index contributed by atoms with van der Waals surface area (Å²) in [4.78, 5) is 23.8. The van der Waals surface area contributed by atoms with Gasteiger partial charge in [0.25, 0.3) is 5.91 Å². The monoisotopic (exact) mass is 445 g/mol. The van der Waals surface area contributed by atoms with E-state index in [2.05, 4.69) is 10.6 Å². The molecule has 1 heterocycles. The minimum Gasteiger partial charge on any atom is -0.497 e. The molecule has 0 fully saturated rings. The molecule has 0 radical (unpaired) electrons. The first-order chi connectivity index (χ1) is 14.9. The van der Waals surface area contributed by atoms with Crippen LogP contribution in [0.15, 0.2) is 48.5 Å². The molecular weight excluding hydrogens is 418 g/mol.